The molecule has 2 aromatic rings. The minimum atomic E-state index is -3.55. The van der Waals surface area contributed by atoms with E-state index in [-0.39, 0.29) is 6.10 Å². The fraction of sp³-hybridized carbons (Fsp3) is 0.375. The molecule has 0 aliphatic carbocycles. The highest BCUT2D eigenvalue weighted by Crippen LogP contribution is 2.43. The molecule has 0 saturated carbocycles. The number of nitrogens with zero attached hydrogens (tertiary/aromatic N) is 2. The molecular weight excluding hydrogens is 332 g/mol. The van der Waals surface area contributed by atoms with Crippen molar-refractivity contribution in [2.75, 3.05) is 38.6 Å². The van der Waals surface area contributed by atoms with E-state index >= 15 is 0 Å². The molecule has 1 aliphatic rings. The highest BCUT2D eigenvalue weighted by Gasteiger charge is 2.35. The van der Waals surface area contributed by atoms with Crippen LogP contribution in [0.1, 0.15) is 17.2 Å². The zero-order chi connectivity index (χ0) is 16.6. The number of anilines is 1. The third kappa shape index (κ3) is 2.89. The van der Waals surface area contributed by atoms with Gasteiger partial charge < -0.3 is 9.64 Å². The monoisotopic (exact) mass is 352 g/mol. The molecule has 0 bridgehead atoms. The number of benzene rings is 1. The van der Waals surface area contributed by atoms with E-state index in [1.165, 1.54) is 15.6 Å². The summed E-state index contributed by atoms with van der Waals surface area (Å²) >= 11 is 1.39. The first-order valence-electron chi connectivity index (χ1n) is 7.33. The summed E-state index contributed by atoms with van der Waals surface area (Å²) in [7, 11) is 2.02. The lowest BCUT2D eigenvalue weighted by Crippen LogP contribution is -2.26. The minimum absolute atomic E-state index is 0.344. The van der Waals surface area contributed by atoms with Gasteiger partial charge in [0.25, 0.3) is 10.0 Å². The van der Waals surface area contributed by atoms with Crippen LogP contribution in [0.3, 0.4) is 0 Å². The molecule has 1 aliphatic heterocycles. The minimum Gasteiger partial charge on any atom is -0.367 e. The number of likely N-dealkylation sites (N-methyl/N-ethyl adjacent to an activating group) is 1. The van der Waals surface area contributed by atoms with Crippen LogP contribution in [0.25, 0.3) is 0 Å². The van der Waals surface area contributed by atoms with E-state index in [1.54, 1.807) is 12.4 Å². The first-order valence-corrected chi connectivity index (χ1v) is 9.71. The first-order chi connectivity index (χ1) is 10.9. The van der Waals surface area contributed by atoms with E-state index < -0.39 is 10.0 Å². The molecule has 0 radical (unpaired) electrons. The topological polar surface area (TPSA) is 49.9 Å². The highest BCUT2D eigenvalue weighted by atomic mass is 32.2. The number of rotatable bonds is 4. The summed E-state index contributed by atoms with van der Waals surface area (Å²) in [6.45, 7) is 1.31. The van der Waals surface area contributed by atoms with Crippen molar-refractivity contribution in [3.63, 3.8) is 0 Å². The van der Waals surface area contributed by atoms with E-state index in [0.29, 0.717) is 17.2 Å². The van der Waals surface area contributed by atoms with Crippen LogP contribution >= 0.6 is 11.3 Å². The van der Waals surface area contributed by atoms with Crippen LogP contribution in [-0.2, 0) is 14.8 Å². The van der Waals surface area contributed by atoms with Gasteiger partial charge in [-0.1, -0.05) is 18.2 Å². The lowest BCUT2D eigenvalue weighted by atomic mass is 10.0. The zero-order valence-electron chi connectivity index (χ0n) is 13.4. The van der Waals surface area contributed by atoms with Crippen LogP contribution in [-0.4, -0.2) is 47.6 Å². The number of thiophene rings is 1. The summed E-state index contributed by atoms with van der Waals surface area (Å²) in [5.41, 5.74) is 2.28. The molecule has 5 nitrogen and oxygen atoms in total. The molecular formula is C16H20N2O3S2. The molecule has 1 aromatic carbocycles. The van der Waals surface area contributed by atoms with Gasteiger partial charge in [-0.25, -0.2) is 8.42 Å². The summed E-state index contributed by atoms with van der Waals surface area (Å²) in [6, 6.07) is 7.53. The average Bonchev–Trinajstić information content (AvgIpc) is 2.98. The van der Waals surface area contributed by atoms with Gasteiger partial charge in [0.2, 0.25) is 0 Å². The maximum atomic E-state index is 12.8. The van der Waals surface area contributed by atoms with Crippen LogP contribution in [0.5, 0.6) is 0 Å². The lowest BCUT2D eigenvalue weighted by Gasteiger charge is -2.22. The predicted molar refractivity (Wildman–Crippen MR) is 92.7 cm³/mol. The summed E-state index contributed by atoms with van der Waals surface area (Å²) in [5, 5.41) is 3.57. The van der Waals surface area contributed by atoms with Gasteiger partial charge in [0.1, 0.15) is 11.0 Å². The largest absolute Gasteiger partial charge is 0.367 e. The molecule has 0 amide bonds. The Bertz CT molecular complexity index is 799. The van der Waals surface area contributed by atoms with Crippen molar-refractivity contribution in [2.45, 2.75) is 11.0 Å². The normalized spacial score (nSPS) is 19.3. The molecule has 2 heterocycles. The summed E-state index contributed by atoms with van der Waals surface area (Å²) < 4.78 is 33.1. The lowest BCUT2D eigenvalue weighted by molar-refractivity contribution is 0.0680. The summed E-state index contributed by atoms with van der Waals surface area (Å²) in [5.74, 6) is 0. The van der Waals surface area contributed by atoms with Crippen molar-refractivity contribution >= 4 is 27.0 Å². The van der Waals surface area contributed by atoms with Crippen LogP contribution in [0.15, 0.2) is 39.9 Å². The van der Waals surface area contributed by atoms with E-state index in [9.17, 15) is 8.42 Å². The Labute approximate surface area is 141 Å². The van der Waals surface area contributed by atoms with Gasteiger partial charge in [-0.3, -0.25) is 4.31 Å². The summed E-state index contributed by atoms with van der Waals surface area (Å²) in [6.07, 6.45) is -0.368. The Morgan fingerprint density at radius 3 is 2.70 bits per heavy atom. The maximum Gasteiger partial charge on any atom is 0.265 e. The third-order valence-electron chi connectivity index (χ3n) is 3.96. The molecule has 0 fully saturated rings. The Morgan fingerprint density at radius 2 is 1.96 bits per heavy atom. The molecule has 124 valence electrons. The van der Waals surface area contributed by atoms with Gasteiger partial charge in [-0.15, -0.1) is 0 Å². The van der Waals surface area contributed by atoms with Crippen LogP contribution < -0.4 is 4.31 Å². The smallest absolute Gasteiger partial charge is 0.265 e. The van der Waals surface area contributed by atoms with Crippen molar-refractivity contribution in [1.29, 1.82) is 0 Å². The molecule has 1 unspecified atom stereocenters. The molecule has 1 aromatic heterocycles. The quantitative estimate of drug-likeness (QED) is 0.849. The standard InChI is InChI=1S/C16H20N2O3S2/c1-17(2)8-9-21-16-12-6-4-5-7-14(12)18(3)23(19,20)15-11-22-10-13(15)16/h4-7,10-11,16H,8-9H2,1-3H3. The number of sulfonamides is 1. The van der Waals surface area contributed by atoms with Crippen molar-refractivity contribution in [2.24, 2.45) is 0 Å². The number of hydrogen-bond donors (Lipinski definition) is 0. The highest BCUT2D eigenvalue weighted by molar-refractivity contribution is 7.93. The maximum absolute atomic E-state index is 12.8. The number of fused-ring (bicyclic) bond motifs is 2. The van der Waals surface area contributed by atoms with E-state index in [0.717, 1.165) is 17.7 Å². The molecule has 7 heteroatoms. The second-order valence-corrected chi connectivity index (χ2v) is 8.46. The van der Waals surface area contributed by atoms with Crippen LogP contribution in [0.2, 0.25) is 0 Å². The van der Waals surface area contributed by atoms with Crippen LogP contribution in [0.4, 0.5) is 5.69 Å². The second-order valence-electron chi connectivity index (χ2n) is 5.78. The Balaban J connectivity index is 2.11. The first kappa shape index (κ1) is 16.4. The predicted octanol–water partition coefficient (Wildman–Crippen LogP) is 2.55. The summed E-state index contributed by atoms with van der Waals surface area (Å²) in [4.78, 5) is 2.39. The molecule has 23 heavy (non-hydrogen) atoms. The van der Waals surface area contributed by atoms with Crippen molar-refractivity contribution in [3.05, 3.63) is 46.2 Å². The van der Waals surface area contributed by atoms with Gasteiger partial charge in [0.05, 0.1) is 12.3 Å². The Hall–Kier alpha value is -1.41. The zero-order valence-corrected chi connectivity index (χ0v) is 15.0. The van der Waals surface area contributed by atoms with E-state index in [1.807, 2.05) is 48.6 Å². The fourth-order valence-corrected chi connectivity index (χ4v) is 5.31. The molecule has 3 rings (SSSR count). The second kappa shape index (κ2) is 6.24. The number of para-hydroxylation sites is 1. The van der Waals surface area contributed by atoms with Crippen molar-refractivity contribution < 1.29 is 13.2 Å². The molecule has 1 atom stereocenters. The van der Waals surface area contributed by atoms with Crippen LogP contribution in [0, 0.1) is 0 Å². The van der Waals surface area contributed by atoms with Gasteiger partial charge >= 0.3 is 0 Å². The van der Waals surface area contributed by atoms with Gasteiger partial charge in [-0.05, 0) is 25.5 Å². The van der Waals surface area contributed by atoms with E-state index in [2.05, 4.69) is 0 Å². The van der Waals surface area contributed by atoms with Gasteiger partial charge in [0, 0.05) is 30.1 Å². The number of hydrogen-bond acceptors (Lipinski definition) is 5. The number of ether oxygens (including phenoxy) is 1. The van der Waals surface area contributed by atoms with E-state index in [4.69, 9.17) is 4.74 Å². The average molecular weight is 352 g/mol. The Kier molecular flexibility index (Phi) is 4.46. The Morgan fingerprint density at radius 1 is 1.22 bits per heavy atom. The van der Waals surface area contributed by atoms with Crippen molar-refractivity contribution in [1.82, 2.24) is 4.90 Å². The van der Waals surface area contributed by atoms with Gasteiger partial charge in [-0.2, -0.15) is 11.3 Å². The molecule has 0 N–H and O–H groups in total. The molecule has 0 spiro atoms. The SMILES string of the molecule is CN(C)CCOC1c2ccccc2N(C)S(=O)(=O)c2cscc21. The fourth-order valence-electron chi connectivity index (χ4n) is 2.67. The van der Waals surface area contributed by atoms with Gasteiger partial charge in [0.15, 0.2) is 0 Å². The molecule has 0 saturated heterocycles. The third-order valence-corrected chi connectivity index (χ3v) is 6.70. The van der Waals surface area contributed by atoms with Crippen molar-refractivity contribution in [3.8, 4) is 0 Å².